The molecule has 1 aromatic rings. The molecule has 1 rings (SSSR count). The van der Waals surface area contributed by atoms with E-state index in [1.165, 1.54) is 18.2 Å². The van der Waals surface area contributed by atoms with Gasteiger partial charge >= 0.3 is 11.9 Å². The van der Waals surface area contributed by atoms with Crippen molar-refractivity contribution in [3.8, 4) is 0 Å². The Bertz CT molecular complexity index is 461. The highest BCUT2D eigenvalue weighted by atomic mass is 16.5. The number of aliphatic hydroxyl groups is 1. The standard InChI is InChI=1S/C11H14N2O5/c1-2-18-11(17)6-3-4-7(8(5-6)13-12)9(14)10(15)16/h3-5,9,13-14H,2,12H2,1H3,(H,15,16). The molecule has 1 atom stereocenters. The van der Waals surface area contributed by atoms with Crippen LogP contribution in [0.25, 0.3) is 0 Å². The summed E-state index contributed by atoms with van der Waals surface area (Å²) < 4.78 is 4.79. The Kier molecular flexibility index (Phi) is 4.64. The molecule has 7 heteroatoms. The molecule has 7 nitrogen and oxygen atoms in total. The number of nitrogen functional groups attached to an aromatic ring is 1. The van der Waals surface area contributed by atoms with Crippen molar-refractivity contribution < 1.29 is 24.5 Å². The van der Waals surface area contributed by atoms with Crippen LogP contribution in [0.3, 0.4) is 0 Å². The summed E-state index contributed by atoms with van der Waals surface area (Å²) in [6.45, 7) is 1.90. The molecule has 0 saturated heterocycles. The molecule has 18 heavy (non-hydrogen) atoms. The SMILES string of the molecule is CCOC(=O)c1ccc(C(O)C(=O)O)c(NN)c1. The Hall–Kier alpha value is -2.12. The molecule has 0 amide bonds. The molecule has 0 aliphatic rings. The second kappa shape index (κ2) is 5.99. The van der Waals surface area contributed by atoms with Crippen molar-refractivity contribution in [3.05, 3.63) is 29.3 Å². The number of aliphatic carboxylic acids is 1. The summed E-state index contributed by atoms with van der Waals surface area (Å²) in [5, 5.41) is 18.1. The summed E-state index contributed by atoms with van der Waals surface area (Å²) in [6, 6.07) is 3.99. The number of aliphatic hydroxyl groups excluding tert-OH is 1. The molecular weight excluding hydrogens is 240 g/mol. The number of carbonyl (C=O) groups excluding carboxylic acids is 1. The normalized spacial score (nSPS) is 11.7. The number of esters is 1. The number of carbonyl (C=O) groups is 2. The van der Waals surface area contributed by atoms with Gasteiger partial charge in [0.05, 0.1) is 17.9 Å². The fourth-order valence-corrected chi connectivity index (χ4v) is 1.39. The summed E-state index contributed by atoms with van der Waals surface area (Å²) in [7, 11) is 0. The van der Waals surface area contributed by atoms with Crippen LogP contribution in [0.2, 0.25) is 0 Å². The smallest absolute Gasteiger partial charge is 0.338 e. The zero-order valence-corrected chi connectivity index (χ0v) is 9.71. The minimum absolute atomic E-state index is 0.0676. The Morgan fingerprint density at radius 1 is 1.50 bits per heavy atom. The number of carboxylic acids is 1. The summed E-state index contributed by atoms with van der Waals surface area (Å²) in [6.07, 6.45) is -1.72. The van der Waals surface area contributed by atoms with E-state index in [-0.39, 0.29) is 23.4 Å². The zero-order chi connectivity index (χ0) is 13.7. The Balaban J connectivity index is 3.11. The lowest BCUT2D eigenvalue weighted by molar-refractivity contribution is -0.146. The van der Waals surface area contributed by atoms with E-state index in [2.05, 4.69) is 5.43 Å². The highest BCUT2D eigenvalue weighted by molar-refractivity contribution is 5.91. The Morgan fingerprint density at radius 2 is 2.17 bits per heavy atom. The average Bonchev–Trinajstić information content (AvgIpc) is 2.37. The first-order chi connectivity index (χ1) is 8.51. The molecule has 1 aromatic carbocycles. The van der Waals surface area contributed by atoms with Crippen molar-refractivity contribution in [1.82, 2.24) is 0 Å². The maximum absolute atomic E-state index is 11.5. The van der Waals surface area contributed by atoms with Crippen molar-refractivity contribution in [1.29, 1.82) is 0 Å². The third kappa shape index (κ3) is 2.96. The molecule has 0 aromatic heterocycles. The molecule has 0 spiro atoms. The number of rotatable bonds is 5. The van der Waals surface area contributed by atoms with Crippen molar-refractivity contribution >= 4 is 17.6 Å². The van der Waals surface area contributed by atoms with Gasteiger partial charge < -0.3 is 20.4 Å². The first kappa shape index (κ1) is 13.9. The minimum atomic E-state index is -1.72. The second-order valence-corrected chi connectivity index (χ2v) is 3.41. The van der Waals surface area contributed by atoms with Gasteiger partial charge in [0.1, 0.15) is 0 Å². The highest BCUT2D eigenvalue weighted by Crippen LogP contribution is 2.24. The maximum Gasteiger partial charge on any atom is 0.338 e. The van der Waals surface area contributed by atoms with Crippen LogP contribution in [0.15, 0.2) is 18.2 Å². The third-order valence-corrected chi connectivity index (χ3v) is 2.25. The lowest BCUT2D eigenvalue weighted by Crippen LogP contribution is -2.17. The first-order valence-corrected chi connectivity index (χ1v) is 5.19. The van der Waals surface area contributed by atoms with Gasteiger partial charge in [-0.05, 0) is 19.1 Å². The van der Waals surface area contributed by atoms with Crippen LogP contribution in [0.1, 0.15) is 28.9 Å². The van der Waals surface area contributed by atoms with Crippen LogP contribution in [-0.4, -0.2) is 28.8 Å². The molecule has 98 valence electrons. The van der Waals surface area contributed by atoms with Gasteiger partial charge in [-0.1, -0.05) is 6.07 Å². The van der Waals surface area contributed by atoms with Crippen LogP contribution in [-0.2, 0) is 9.53 Å². The number of benzene rings is 1. The average molecular weight is 254 g/mol. The van der Waals surface area contributed by atoms with Gasteiger partial charge in [-0.2, -0.15) is 0 Å². The van der Waals surface area contributed by atoms with Gasteiger partial charge in [0, 0.05) is 5.56 Å². The number of nitrogens with one attached hydrogen (secondary N) is 1. The molecule has 5 N–H and O–H groups in total. The minimum Gasteiger partial charge on any atom is -0.479 e. The monoisotopic (exact) mass is 254 g/mol. The number of nitrogens with two attached hydrogens (primary N) is 1. The van der Waals surface area contributed by atoms with Crippen LogP contribution in [0.4, 0.5) is 5.69 Å². The van der Waals surface area contributed by atoms with Gasteiger partial charge in [-0.3, -0.25) is 5.84 Å². The van der Waals surface area contributed by atoms with Crippen molar-refractivity contribution in [2.75, 3.05) is 12.0 Å². The number of hydrazine groups is 1. The second-order valence-electron chi connectivity index (χ2n) is 3.41. The zero-order valence-electron chi connectivity index (χ0n) is 9.71. The predicted molar refractivity (Wildman–Crippen MR) is 62.8 cm³/mol. The van der Waals surface area contributed by atoms with Crippen molar-refractivity contribution in [2.45, 2.75) is 13.0 Å². The number of carboxylic acid groups (broad SMARTS) is 1. The largest absolute Gasteiger partial charge is 0.479 e. The number of hydrogen-bond acceptors (Lipinski definition) is 6. The molecule has 0 fully saturated rings. The van der Waals surface area contributed by atoms with Crippen LogP contribution >= 0.6 is 0 Å². The van der Waals surface area contributed by atoms with Gasteiger partial charge in [-0.15, -0.1) is 0 Å². The summed E-state index contributed by atoms with van der Waals surface area (Å²) >= 11 is 0. The van der Waals surface area contributed by atoms with E-state index >= 15 is 0 Å². The molecule has 0 aliphatic carbocycles. The molecule has 1 unspecified atom stereocenters. The Labute approximate surface area is 103 Å². The summed E-state index contributed by atoms with van der Waals surface area (Å²) in [5.41, 5.74) is 2.67. The first-order valence-electron chi connectivity index (χ1n) is 5.19. The number of ether oxygens (including phenoxy) is 1. The quantitative estimate of drug-likeness (QED) is 0.338. The van der Waals surface area contributed by atoms with Crippen LogP contribution in [0, 0.1) is 0 Å². The van der Waals surface area contributed by atoms with E-state index in [9.17, 15) is 14.7 Å². The fourth-order valence-electron chi connectivity index (χ4n) is 1.39. The molecule has 0 saturated carbocycles. The predicted octanol–water partition coefficient (Wildman–Crippen LogP) is 0.267. The lowest BCUT2D eigenvalue weighted by atomic mass is 10.0. The van der Waals surface area contributed by atoms with Gasteiger partial charge in [0.15, 0.2) is 6.10 Å². The van der Waals surface area contributed by atoms with E-state index in [1.54, 1.807) is 6.92 Å². The van der Waals surface area contributed by atoms with Gasteiger partial charge in [0.25, 0.3) is 0 Å². The number of anilines is 1. The van der Waals surface area contributed by atoms with E-state index < -0.39 is 18.0 Å². The van der Waals surface area contributed by atoms with E-state index in [0.717, 1.165) is 0 Å². The van der Waals surface area contributed by atoms with E-state index in [4.69, 9.17) is 15.7 Å². The number of hydrogen-bond donors (Lipinski definition) is 4. The van der Waals surface area contributed by atoms with Crippen molar-refractivity contribution in [3.63, 3.8) is 0 Å². The molecule has 0 heterocycles. The van der Waals surface area contributed by atoms with E-state index in [0.29, 0.717) is 0 Å². The van der Waals surface area contributed by atoms with Crippen molar-refractivity contribution in [2.24, 2.45) is 5.84 Å². The third-order valence-electron chi connectivity index (χ3n) is 2.25. The van der Waals surface area contributed by atoms with Gasteiger partial charge in [0.2, 0.25) is 0 Å². The summed E-state index contributed by atoms with van der Waals surface area (Å²) in [5.74, 6) is 3.27. The highest BCUT2D eigenvalue weighted by Gasteiger charge is 2.20. The molecule has 0 bridgehead atoms. The van der Waals surface area contributed by atoms with E-state index in [1.807, 2.05) is 0 Å². The molecule has 0 radical (unpaired) electrons. The van der Waals surface area contributed by atoms with Gasteiger partial charge in [-0.25, -0.2) is 9.59 Å². The summed E-state index contributed by atoms with van der Waals surface area (Å²) in [4.78, 5) is 22.1. The fraction of sp³-hybridized carbons (Fsp3) is 0.273. The topological polar surface area (TPSA) is 122 Å². The Morgan fingerprint density at radius 3 is 2.67 bits per heavy atom. The maximum atomic E-state index is 11.5. The molecule has 0 aliphatic heterocycles. The lowest BCUT2D eigenvalue weighted by Gasteiger charge is -2.13. The van der Waals surface area contributed by atoms with Crippen LogP contribution in [0.5, 0.6) is 0 Å². The molecular formula is C11H14N2O5. The van der Waals surface area contributed by atoms with Crippen LogP contribution < -0.4 is 11.3 Å².